The van der Waals surface area contributed by atoms with Crippen LogP contribution in [0.1, 0.15) is 22.4 Å². The first-order chi connectivity index (χ1) is 28.9. The summed E-state index contributed by atoms with van der Waals surface area (Å²) >= 11 is 0. The largest absolute Gasteiger partial charge is 0.308 e. The maximum Gasteiger partial charge on any atom is 0.0709 e. The minimum absolute atomic E-state index is 0.907. The molecule has 0 aliphatic rings. The van der Waals surface area contributed by atoms with Gasteiger partial charge in [0.1, 0.15) is 0 Å². The summed E-state index contributed by atoms with van der Waals surface area (Å²) in [6.07, 6.45) is 5.88. The minimum atomic E-state index is 0.907. The molecule has 0 N–H and O–H groups in total. The van der Waals surface area contributed by atoms with Gasteiger partial charge in [-0.2, -0.15) is 0 Å². The van der Waals surface area contributed by atoms with Crippen LogP contribution in [0.25, 0.3) is 67.0 Å². The highest BCUT2D eigenvalue weighted by molar-refractivity contribution is 5.90. The molecule has 284 valence electrons. The van der Waals surface area contributed by atoms with E-state index in [-0.39, 0.29) is 0 Å². The summed E-state index contributed by atoms with van der Waals surface area (Å²) < 4.78 is 0. The van der Waals surface area contributed by atoms with Gasteiger partial charge in [0.15, 0.2) is 0 Å². The first-order valence-electron chi connectivity index (χ1n) is 20.1. The predicted molar refractivity (Wildman–Crippen MR) is 246 cm³/mol. The van der Waals surface area contributed by atoms with Crippen molar-refractivity contribution in [2.75, 3.05) is 4.90 Å². The summed E-state index contributed by atoms with van der Waals surface area (Å²) in [6.45, 7) is 8.52. The Balaban J connectivity index is 1.31. The average Bonchev–Trinajstić information content (AvgIpc) is 3.29. The predicted octanol–water partition coefficient (Wildman–Crippen LogP) is 14.6. The number of anilines is 3. The number of pyridine rings is 3. The Labute approximate surface area is 347 Å². The fourth-order valence-corrected chi connectivity index (χ4v) is 8.02. The van der Waals surface area contributed by atoms with Gasteiger partial charge in [-0.15, -0.1) is 0 Å². The minimum Gasteiger partial charge on any atom is -0.308 e. The van der Waals surface area contributed by atoms with Crippen molar-refractivity contribution in [1.82, 2.24) is 15.0 Å². The lowest BCUT2D eigenvalue weighted by Gasteiger charge is -2.30. The number of hydrogen-bond donors (Lipinski definition) is 0. The fourth-order valence-electron chi connectivity index (χ4n) is 8.02. The van der Waals surface area contributed by atoms with Crippen LogP contribution in [0.5, 0.6) is 0 Å². The van der Waals surface area contributed by atoms with Gasteiger partial charge in [0.05, 0.1) is 22.8 Å². The van der Waals surface area contributed by atoms with Gasteiger partial charge in [-0.1, -0.05) is 121 Å². The summed E-state index contributed by atoms with van der Waals surface area (Å²) in [5.41, 5.74) is 20.3. The summed E-state index contributed by atoms with van der Waals surface area (Å²) in [7, 11) is 0. The van der Waals surface area contributed by atoms with Crippen LogP contribution >= 0.6 is 0 Å². The quantitative estimate of drug-likeness (QED) is 0.147. The van der Waals surface area contributed by atoms with Crippen LogP contribution < -0.4 is 4.90 Å². The normalized spacial score (nSPS) is 11.1. The monoisotopic (exact) mass is 760 g/mol. The molecule has 0 saturated carbocycles. The van der Waals surface area contributed by atoms with Crippen LogP contribution in [0.15, 0.2) is 195 Å². The summed E-state index contributed by atoms with van der Waals surface area (Å²) in [5, 5.41) is 0. The molecule has 0 aliphatic heterocycles. The van der Waals surface area contributed by atoms with Crippen LogP contribution in [0, 0.1) is 27.7 Å². The first-order valence-corrected chi connectivity index (χ1v) is 20.1. The molecule has 0 unspecified atom stereocenters. The lowest BCUT2D eigenvalue weighted by molar-refractivity contribution is 1.12. The number of benzene rings is 6. The van der Waals surface area contributed by atoms with Crippen LogP contribution in [0.2, 0.25) is 0 Å². The third-order valence-electron chi connectivity index (χ3n) is 11.1. The second kappa shape index (κ2) is 16.2. The third kappa shape index (κ3) is 7.69. The van der Waals surface area contributed by atoms with Gasteiger partial charge in [0.25, 0.3) is 0 Å². The molecular weight excluding hydrogens is 717 g/mol. The fraction of sp³-hybridized carbons (Fsp3) is 0.0727. The van der Waals surface area contributed by atoms with E-state index in [2.05, 4.69) is 209 Å². The van der Waals surface area contributed by atoms with Gasteiger partial charge >= 0.3 is 0 Å². The van der Waals surface area contributed by atoms with Gasteiger partial charge in [-0.25, -0.2) is 0 Å². The molecule has 3 aromatic heterocycles. The molecule has 0 spiro atoms. The molecule has 9 aromatic rings. The van der Waals surface area contributed by atoms with E-state index in [0.717, 1.165) is 84.2 Å². The van der Waals surface area contributed by atoms with E-state index in [1.165, 1.54) is 22.3 Å². The van der Waals surface area contributed by atoms with Crippen LogP contribution in [-0.4, -0.2) is 15.0 Å². The van der Waals surface area contributed by atoms with E-state index in [0.29, 0.717) is 0 Å². The van der Waals surface area contributed by atoms with Gasteiger partial charge in [0.2, 0.25) is 0 Å². The van der Waals surface area contributed by atoms with Gasteiger partial charge in [-0.05, 0) is 143 Å². The molecular formula is C55H44N4. The van der Waals surface area contributed by atoms with E-state index in [1.807, 2.05) is 18.6 Å². The Morgan fingerprint density at radius 3 is 1.14 bits per heavy atom. The number of hydrogen-bond acceptors (Lipinski definition) is 4. The highest BCUT2D eigenvalue weighted by Crippen LogP contribution is 2.44. The Hall–Kier alpha value is -7.43. The molecule has 0 aliphatic carbocycles. The summed E-state index contributed by atoms with van der Waals surface area (Å²) in [4.78, 5) is 17.4. The number of nitrogens with zero attached hydrogens (tertiary/aromatic N) is 4. The Morgan fingerprint density at radius 1 is 0.339 bits per heavy atom. The topological polar surface area (TPSA) is 41.9 Å². The lowest BCUT2D eigenvalue weighted by Crippen LogP contribution is -2.14. The molecule has 59 heavy (non-hydrogen) atoms. The van der Waals surface area contributed by atoms with E-state index < -0.39 is 0 Å². The van der Waals surface area contributed by atoms with Crippen molar-refractivity contribution < 1.29 is 0 Å². The molecule has 0 radical (unpaired) electrons. The summed E-state index contributed by atoms with van der Waals surface area (Å²) in [5.74, 6) is 0. The van der Waals surface area contributed by atoms with Gasteiger partial charge in [-0.3, -0.25) is 15.0 Å². The molecule has 0 bridgehead atoms. The van der Waals surface area contributed by atoms with E-state index in [1.54, 1.807) is 0 Å². The highest BCUT2D eigenvalue weighted by Gasteiger charge is 2.22. The van der Waals surface area contributed by atoms with E-state index in [4.69, 9.17) is 15.0 Å². The zero-order chi connectivity index (χ0) is 40.3. The standard InChI is InChI=1S/C55H44N4/c1-37-25-26-56-40(4)55(37)59(49-29-45(41-17-9-5-10-18-41)27-47(31-49)53-33-51(38(2)35-57-53)43-21-13-7-14-22-43)50-30-46(42-19-11-6-12-20-42)28-48(32-50)54-34-52(39(3)36-58-54)44-23-15-8-16-24-44/h5-36H,1-4H3. The maximum absolute atomic E-state index is 5.06. The van der Waals surface area contributed by atoms with Gasteiger partial charge < -0.3 is 4.90 Å². The van der Waals surface area contributed by atoms with Crippen molar-refractivity contribution in [2.45, 2.75) is 27.7 Å². The van der Waals surface area contributed by atoms with Crippen molar-refractivity contribution in [3.05, 3.63) is 217 Å². The molecule has 4 heteroatoms. The zero-order valence-electron chi connectivity index (χ0n) is 33.8. The Bertz CT molecular complexity index is 2710. The molecule has 0 fully saturated rings. The SMILES string of the molecule is Cc1cnc(-c2cc(-c3ccccc3)cc(N(c3cc(-c4ccccc4)cc(-c4cc(-c5ccccc5)c(C)cn4)c3)c3c(C)ccnc3C)c2)cc1-c1ccccc1. The molecule has 9 rings (SSSR count). The molecule has 6 aromatic carbocycles. The van der Waals surface area contributed by atoms with Crippen molar-refractivity contribution in [3.8, 4) is 67.0 Å². The van der Waals surface area contributed by atoms with Gasteiger partial charge in [0, 0.05) is 41.1 Å². The van der Waals surface area contributed by atoms with E-state index in [9.17, 15) is 0 Å². The second-order valence-electron chi connectivity index (χ2n) is 15.2. The molecule has 0 amide bonds. The molecule has 3 heterocycles. The maximum atomic E-state index is 5.06. The summed E-state index contributed by atoms with van der Waals surface area (Å²) in [6, 6.07) is 62.6. The second-order valence-corrected chi connectivity index (χ2v) is 15.2. The molecule has 0 saturated heterocycles. The Kier molecular flexibility index (Phi) is 10.2. The first kappa shape index (κ1) is 37.2. The number of rotatable bonds is 9. The average molecular weight is 761 g/mol. The van der Waals surface area contributed by atoms with Crippen molar-refractivity contribution in [1.29, 1.82) is 0 Å². The molecule has 0 atom stereocenters. The highest BCUT2D eigenvalue weighted by atomic mass is 15.2. The van der Waals surface area contributed by atoms with Crippen LogP contribution in [0.3, 0.4) is 0 Å². The number of aryl methyl sites for hydroxylation is 4. The van der Waals surface area contributed by atoms with Crippen LogP contribution in [-0.2, 0) is 0 Å². The third-order valence-corrected chi connectivity index (χ3v) is 11.1. The Morgan fingerprint density at radius 2 is 0.729 bits per heavy atom. The van der Waals surface area contributed by atoms with Crippen molar-refractivity contribution >= 4 is 17.1 Å². The zero-order valence-corrected chi connectivity index (χ0v) is 33.8. The smallest absolute Gasteiger partial charge is 0.0709 e. The molecule has 4 nitrogen and oxygen atoms in total. The van der Waals surface area contributed by atoms with Crippen molar-refractivity contribution in [3.63, 3.8) is 0 Å². The van der Waals surface area contributed by atoms with E-state index >= 15 is 0 Å². The lowest BCUT2D eigenvalue weighted by atomic mass is 9.95. The van der Waals surface area contributed by atoms with Crippen molar-refractivity contribution in [2.24, 2.45) is 0 Å². The van der Waals surface area contributed by atoms with Crippen LogP contribution in [0.4, 0.5) is 17.1 Å². The number of aromatic nitrogens is 3.